The smallest absolute Gasteiger partial charge is 0.222 e. The highest BCUT2D eigenvalue weighted by atomic mass is 16.2. The Morgan fingerprint density at radius 1 is 0.852 bits per heavy atom. The van der Waals surface area contributed by atoms with Crippen LogP contribution >= 0.6 is 0 Å². The SMILES string of the molecule is O=C1CC[C@@]2(CCCN(Cc3ccccc3)C2)CN1CCc1ccccc1. The molecule has 2 heterocycles. The molecule has 2 saturated heterocycles. The van der Waals surface area contributed by atoms with E-state index < -0.39 is 0 Å². The molecule has 2 aromatic carbocycles. The quantitative estimate of drug-likeness (QED) is 0.798. The second-order valence-electron chi connectivity index (χ2n) is 8.35. The van der Waals surface area contributed by atoms with E-state index in [9.17, 15) is 4.79 Å². The third-order valence-corrected chi connectivity index (χ3v) is 6.25. The van der Waals surface area contributed by atoms with Gasteiger partial charge in [0.05, 0.1) is 0 Å². The number of benzene rings is 2. The Labute approximate surface area is 163 Å². The van der Waals surface area contributed by atoms with Crippen LogP contribution in [0.3, 0.4) is 0 Å². The lowest BCUT2D eigenvalue weighted by atomic mass is 9.73. The summed E-state index contributed by atoms with van der Waals surface area (Å²) >= 11 is 0. The lowest BCUT2D eigenvalue weighted by Crippen LogP contribution is -2.54. The van der Waals surface area contributed by atoms with Gasteiger partial charge in [0.15, 0.2) is 0 Å². The van der Waals surface area contributed by atoms with Gasteiger partial charge in [0, 0.05) is 38.0 Å². The molecule has 1 spiro atoms. The zero-order valence-electron chi connectivity index (χ0n) is 16.1. The molecular weight excluding hydrogens is 332 g/mol. The van der Waals surface area contributed by atoms with Gasteiger partial charge in [-0.15, -0.1) is 0 Å². The van der Waals surface area contributed by atoms with E-state index >= 15 is 0 Å². The van der Waals surface area contributed by atoms with Gasteiger partial charge in [0.2, 0.25) is 5.91 Å². The minimum Gasteiger partial charge on any atom is -0.342 e. The van der Waals surface area contributed by atoms with Gasteiger partial charge in [0.1, 0.15) is 0 Å². The van der Waals surface area contributed by atoms with E-state index in [1.165, 1.54) is 30.5 Å². The minimum absolute atomic E-state index is 0.289. The fourth-order valence-electron chi connectivity index (χ4n) is 4.83. The molecule has 2 aromatic rings. The standard InChI is InChI=1S/C24H30N2O/c27-23-12-15-24(20-26(23)17-13-21-8-3-1-4-9-21)14-7-16-25(19-24)18-22-10-5-2-6-11-22/h1-6,8-11H,7,12-20H2/t24-/m1/s1. The van der Waals surface area contributed by atoms with Crippen LogP contribution in [0.5, 0.6) is 0 Å². The predicted octanol–water partition coefficient (Wildman–Crippen LogP) is 4.13. The summed E-state index contributed by atoms with van der Waals surface area (Å²) in [5.74, 6) is 0.344. The monoisotopic (exact) mass is 362 g/mol. The zero-order chi connectivity index (χ0) is 18.5. The van der Waals surface area contributed by atoms with Crippen LogP contribution in [0.2, 0.25) is 0 Å². The number of carbonyl (C=O) groups excluding carboxylic acids is 1. The van der Waals surface area contributed by atoms with Crippen LogP contribution in [0.4, 0.5) is 0 Å². The Balaban J connectivity index is 1.38. The second-order valence-corrected chi connectivity index (χ2v) is 8.35. The maximum Gasteiger partial charge on any atom is 0.222 e. The van der Waals surface area contributed by atoms with Crippen molar-refractivity contribution in [1.29, 1.82) is 0 Å². The molecular formula is C24H30N2O. The van der Waals surface area contributed by atoms with E-state index in [4.69, 9.17) is 0 Å². The first kappa shape index (κ1) is 18.2. The van der Waals surface area contributed by atoms with Crippen LogP contribution in [-0.4, -0.2) is 41.9 Å². The molecule has 0 radical (unpaired) electrons. The molecule has 0 N–H and O–H groups in total. The van der Waals surface area contributed by atoms with Gasteiger partial charge in [0.25, 0.3) is 0 Å². The van der Waals surface area contributed by atoms with Gasteiger partial charge in [-0.25, -0.2) is 0 Å². The summed E-state index contributed by atoms with van der Waals surface area (Å²) in [6.45, 7) is 5.11. The Bertz CT molecular complexity index is 745. The van der Waals surface area contributed by atoms with Crippen molar-refractivity contribution >= 4 is 5.91 Å². The summed E-state index contributed by atoms with van der Waals surface area (Å²) in [5.41, 5.74) is 3.00. The van der Waals surface area contributed by atoms with Crippen molar-refractivity contribution in [2.45, 2.75) is 38.6 Å². The van der Waals surface area contributed by atoms with Crippen LogP contribution in [-0.2, 0) is 17.8 Å². The lowest BCUT2D eigenvalue weighted by Gasteiger charge is -2.48. The average molecular weight is 363 g/mol. The Morgan fingerprint density at radius 2 is 1.56 bits per heavy atom. The van der Waals surface area contributed by atoms with Gasteiger partial charge in [-0.1, -0.05) is 60.7 Å². The molecule has 0 saturated carbocycles. The molecule has 2 aliphatic heterocycles. The summed E-state index contributed by atoms with van der Waals surface area (Å²) in [7, 11) is 0. The van der Waals surface area contributed by atoms with E-state index in [0.29, 0.717) is 12.3 Å². The molecule has 0 bridgehead atoms. The van der Waals surface area contributed by atoms with Gasteiger partial charge in [-0.2, -0.15) is 0 Å². The topological polar surface area (TPSA) is 23.6 Å². The van der Waals surface area contributed by atoms with Gasteiger partial charge in [-0.05, 0) is 43.4 Å². The van der Waals surface area contributed by atoms with E-state index in [1.807, 2.05) is 6.07 Å². The van der Waals surface area contributed by atoms with Gasteiger partial charge < -0.3 is 4.90 Å². The number of piperidine rings is 2. The second kappa shape index (κ2) is 8.26. The molecule has 1 atom stereocenters. The summed E-state index contributed by atoms with van der Waals surface area (Å²) in [6, 6.07) is 21.3. The summed E-state index contributed by atoms with van der Waals surface area (Å²) in [6.07, 6.45) is 5.23. The van der Waals surface area contributed by atoms with Crippen molar-refractivity contribution in [3.05, 3.63) is 71.8 Å². The minimum atomic E-state index is 0.289. The first-order valence-electron chi connectivity index (χ1n) is 10.3. The molecule has 1 amide bonds. The van der Waals surface area contributed by atoms with E-state index in [-0.39, 0.29) is 5.41 Å². The third kappa shape index (κ3) is 4.59. The van der Waals surface area contributed by atoms with Crippen molar-refractivity contribution in [3.63, 3.8) is 0 Å². The van der Waals surface area contributed by atoms with Crippen LogP contribution in [0, 0.1) is 5.41 Å². The zero-order valence-corrected chi connectivity index (χ0v) is 16.1. The van der Waals surface area contributed by atoms with Crippen molar-refractivity contribution in [2.24, 2.45) is 5.41 Å². The van der Waals surface area contributed by atoms with Gasteiger partial charge >= 0.3 is 0 Å². The average Bonchev–Trinajstić information content (AvgIpc) is 2.71. The molecule has 2 fully saturated rings. The largest absolute Gasteiger partial charge is 0.342 e. The fraction of sp³-hybridized carbons (Fsp3) is 0.458. The van der Waals surface area contributed by atoms with Crippen LogP contribution in [0.1, 0.15) is 36.8 Å². The molecule has 3 heteroatoms. The molecule has 0 aromatic heterocycles. The molecule has 0 unspecified atom stereocenters. The van der Waals surface area contributed by atoms with Crippen LogP contribution < -0.4 is 0 Å². The highest BCUT2D eigenvalue weighted by molar-refractivity contribution is 5.77. The van der Waals surface area contributed by atoms with Crippen LogP contribution in [0.15, 0.2) is 60.7 Å². The highest BCUT2D eigenvalue weighted by Gasteiger charge is 2.41. The molecule has 27 heavy (non-hydrogen) atoms. The number of nitrogens with zero attached hydrogens (tertiary/aromatic N) is 2. The lowest BCUT2D eigenvalue weighted by molar-refractivity contribution is -0.139. The Kier molecular flexibility index (Phi) is 5.58. The number of carbonyl (C=O) groups is 1. The van der Waals surface area contributed by atoms with E-state index in [1.54, 1.807) is 0 Å². The van der Waals surface area contributed by atoms with Crippen molar-refractivity contribution in [2.75, 3.05) is 26.2 Å². The number of hydrogen-bond acceptors (Lipinski definition) is 2. The predicted molar refractivity (Wildman–Crippen MR) is 109 cm³/mol. The summed E-state index contributed by atoms with van der Waals surface area (Å²) in [4.78, 5) is 17.3. The maximum absolute atomic E-state index is 12.5. The van der Waals surface area contributed by atoms with Crippen molar-refractivity contribution < 1.29 is 4.79 Å². The Morgan fingerprint density at radius 3 is 2.30 bits per heavy atom. The van der Waals surface area contributed by atoms with Crippen LogP contribution in [0.25, 0.3) is 0 Å². The van der Waals surface area contributed by atoms with Crippen molar-refractivity contribution in [1.82, 2.24) is 9.80 Å². The number of hydrogen-bond donors (Lipinski definition) is 0. The van der Waals surface area contributed by atoms with E-state index in [0.717, 1.165) is 39.0 Å². The number of amides is 1. The molecule has 3 nitrogen and oxygen atoms in total. The first-order chi connectivity index (χ1) is 13.2. The number of likely N-dealkylation sites (tertiary alicyclic amines) is 2. The molecule has 0 aliphatic carbocycles. The summed E-state index contributed by atoms with van der Waals surface area (Å²) in [5, 5.41) is 0. The highest BCUT2D eigenvalue weighted by Crippen LogP contribution is 2.39. The third-order valence-electron chi connectivity index (χ3n) is 6.25. The molecule has 142 valence electrons. The molecule has 2 aliphatic rings. The summed E-state index contributed by atoms with van der Waals surface area (Å²) < 4.78 is 0. The molecule has 4 rings (SSSR count). The van der Waals surface area contributed by atoms with E-state index in [2.05, 4.69) is 64.4 Å². The van der Waals surface area contributed by atoms with Gasteiger partial charge in [-0.3, -0.25) is 9.69 Å². The van der Waals surface area contributed by atoms with Crippen molar-refractivity contribution in [3.8, 4) is 0 Å². The fourth-order valence-corrected chi connectivity index (χ4v) is 4.83. The Hall–Kier alpha value is -2.13. The first-order valence-corrected chi connectivity index (χ1v) is 10.3. The number of rotatable bonds is 5. The normalized spacial score (nSPS) is 23.7. The maximum atomic E-state index is 12.5.